The Balaban J connectivity index is 3.38. The van der Waals surface area contributed by atoms with Gasteiger partial charge in [0, 0.05) is 0 Å². The minimum absolute atomic E-state index is 0.0603. The van der Waals surface area contributed by atoms with E-state index in [0.717, 1.165) is 12.1 Å². The van der Waals surface area contributed by atoms with Gasteiger partial charge in [0.2, 0.25) is 0 Å². The number of alkyl halides is 3. The van der Waals surface area contributed by atoms with Crippen molar-refractivity contribution in [2.45, 2.75) is 6.18 Å². The molecule has 1 rings (SSSR count). The van der Waals surface area contributed by atoms with Crippen LogP contribution in [0.3, 0.4) is 0 Å². The Morgan fingerprint density at radius 2 is 2.00 bits per heavy atom. The van der Waals surface area contributed by atoms with Crippen LogP contribution in [0, 0.1) is 0 Å². The molecule has 0 unspecified atom stereocenters. The van der Waals surface area contributed by atoms with Crippen LogP contribution in [-0.4, -0.2) is 16.1 Å². The van der Waals surface area contributed by atoms with Gasteiger partial charge in [-0.15, -0.1) is 0 Å². The van der Waals surface area contributed by atoms with E-state index in [9.17, 15) is 18.0 Å². The second-order valence-electron chi connectivity index (χ2n) is 2.33. The first-order chi connectivity index (χ1) is 6.32. The van der Waals surface area contributed by atoms with Gasteiger partial charge in [-0.05, 0) is 28.1 Å². The van der Waals surface area contributed by atoms with E-state index in [0.29, 0.717) is 0 Å². The average Bonchev–Trinajstić information content (AvgIpc) is 2.01. The lowest BCUT2D eigenvalue weighted by atomic mass is 10.2. The van der Waals surface area contributed by atoms with E-state index in [1.165, 1.54) is 0 Å². The Kier molecular flexibility index (Phi) is 2.79. The van der Waals surface area contributed by atoms with Crippen LogP contribution in [0.25, 0.3) is 0 Å². The first kappa shape index (κ1) is 11.0. The van der Waals surface area contributed by atoms with Crippen molar-refractivity contribution >= 4 is 21.9 Å². The van der Waals surface area contributed by atoms with E-state index in [1.54, 1.807) is 0 Å². The number of rotatable bonds is 1. The van der Waals surface area contributed by atoms with Crippen molar-refractivity contribution in [1.29, 1.82) is 0 Å². The van der Waals surface area contributed by atoms with E-state index in [4.69, 9.17) is 5.11 Å². The first-order valence-electron chi connectivity index (χ1n) is 3.29. The number of pyridine rings is 1. The minimum Gasteiger partial charge on any atom is -0.478 e. The van der Waals surface area contributed by atoms with E-state index in [2.05, 4.69) is 20.9 Å². The van der Waals surface area contributed by atoms with Gasteiger partial charge in [0.15, 0.2) is 5.69 Å². The highest BCUT2D eigenvalue weighted by molar-refractivity contribution is 9.10. The monoisotopic (exact) mass is 269 g/mol. The summed E-state index contributed by atoms with van der Waals surface area (Å²) in [6, 6.07) is 1.99. The topological polar surface area (TPSA) is 50.2 Å². The van der Waals surface area contributed by atoms with Crippen LogP contribution in [0.4, 0.5) is 13.2 Å². The molecule has 1 aromatic heterocycles. The summed E-state index contributed by atoms with van der Waals surface area (Å²) in [5, 5.41) is 8.46. The number of hydrogen-bond acceptors (Lipinski definition) is 2. The lowest BCUT2D eigenvalue weighted by molar-refractivity contribution is -0.141. The molecule has 0 bridgehead atoms. The third-order valence-electron chi connectivity index (χ3n) is 1.36. The summed E-state index contributed by atoms with van der Waals surface area (Å²) < 4.78 is 36.7. The van der Waals surface area contributed by atoms with Gasteiger partial charge in [-0.3, -0.25) is 0 Å². The van der Waals surface area contributed by atoms with Gasteiger partial charge >= 0.3 is 12.1 Å². The molecule has 0 saturated heterocycles. The van der Waals surface area contributed by atoms with Crippen molar-refractivity contribution in [2.24, 2.45) is 0 Å². The number of carboxylic acid groups (broad SMARTS) is 1. The number of carbonyl (C=O) groups is 1. The van der Waals surface area contributed by atoms with E-state index in [1.807, 2.05) is 0 Å². The zero-order chi connectivity index (χ0) is 10.9. The molecule has 0 aliphatic rings. The quantitative estimate of drug-likeness (QED) is 0.798. The van der Waals surface area contributed by atoms with Gasteiger partial charge in [0.25, 0.3) is 0 Å². The van der Waals surface area contributed by atoms with E-state index in [-0.39, 0.29) is 4.60 Å². The van der Waals surface area contributed by atoms with Crippen molar-refractivity contribution in [2.75, 3.05) is 0 Å². The maximum atomic E-state index is 12.2. The summed E-state index contributed by atoms with van der Waals surface area (Å²) in [6.45, 7) is 0. The highest BCUT2D eigenvalue weighted by Gasteiger charge is 2.37. The maximum Gasteiger partial charge on any atom is 0.434 e. The summed E-state index contributed by atoms with van der Waals surface area (Å²) in [5.41, 5.74) is -2.26. The highest BCUT2D eigenvalue weighted by atomic mass is 79.9. The molecule has 0 aliphatic carbocycles. The fraction of sp³-hybridized carbons (Fsp3) is 0.143. The molecule has 1 heterocycles. The SMILES string of the molecule is O=C(O)c1ccc(Br)nc1C(F)(F)F. The molecule has 0 aromatic carbocycles. The van der Waals surface area contributed by atoms with Gasteiger partial charge in [0.05, 0.1) is 5.56 Å². The lowest BCUT2D eigenvalue weighted by Gasteiger charge is -2.08. The zero-order valence-electron chi connectivity index (χ0n) is 6.47. The first-order valence-corrected chi connectivity index (χ1v) is 4.08. The van der Waals surface area contributed by atoms with Crippen LogP contribution < -0.4 is 0 Å². The van der Waals surface area contributed by atoms with Crippen molar-refractivity contribution in [3.8, 4) is 0 Å². The normalized spacial score (nSPS) is 11.4. The molecular weight excluding hydrogens is 267 g/mol. The number of aromatic carboxylic acids is 1. The molecular formula is C7H3BrF3NO2. The van der Waals surface area contributed by atoms with Crippen LogP contribution in [0.2, 0.25) is 0 Å². The summed E-state index contributed by atoms with van der Waals surface area (Å²) in [6.07, 6.45) is -4.77. The number of aromatic nitrogens is 1. The average molecular weight is 270 g/mol. The fourth-order valence-electron chi connectivity index (χ4n) is 0.824. The number of halogens is 4. The third-order valence-corrected chi connectivity index (χ3v) is 1.80. The highest BCUT2D eigenvalue weighted by Crippen LogP contribution is 2.31. The molecule has 0 aliphatic heterocycles. The number of hydrogen-bond donors (Lipinski definition) is 1. The molecule has 7 heteroatoms. The van der Waals surface area contributed by atoms with Crippen molar-refractivity contribution < 1.29 is 23.1 Å². The Morgan fingerprint density at radius 1 is 1.43 bits per heavy atom. The summed E-state index contributed by atoms with van der Waals surface area (Å²) in [4.78, 5) is 13.5. The van der Waals surface area contributed by atoms with E-state index < -0.39 is 23.4 Å². The molecule has 1 aromatic rings. The van der Waals surface area contributed by atoms with Gasteiger partial charge in [-0.25, -0.2) is 9.78 Å². The predicted octanol–water partition coefficient (Wildman–Crippen LogP) is 2.56. The Bertz CT molecular complexity index is 378. The number of carboxylic acids is 1. The summed E-state index contributed by atoms with van der Waals surface area (Å²) in [5.74, 6) is -1.66. The maximum absolute atomic E-state index is 12.2. The molecule has 14 heavy (non-hydrogen) atoms. The summed E-state index contributed by atoms with van der Waals surface area (Å²) in [7, 11) is 0. The van der Waals surface area contributed by atoms with Crippen LogP contribution >= 0.6 is 15.9 Å². The lowest BCUT2D eigenvalue weighted by Crippen LogP contribution is -2.15. The molecule has 0 fully saturated rings. The van der Waals surface area contributed by atoms with Gasteiger partial charge in [0.1, 0.15) is 4.60 Å². The van der Waals surface area contributed by atoms with Gasteiger partial charge in [-0.2, -0.15) is 13.2 Å². The second kappa shape index (κ2) is 3.56. The Labute approximate surface area is 84.7 Å². The van der Waals surface area contributed by atoms with Crippen molar-refractivity contribution in [3.05, 3.63) is 28.0 Å². The smallest absolute Gasteiger partial charge is 0.434 e. The van der Waals surface area contributed by atoms with Gasteiger partial charge < -0.3 is 5.11 Å². The molecule has 0 atom stereocenters. The standard InChI is InChI=1S/C7H3BrF3NO2/c8-4-2-1-3(6(13)14)5(12-4)7(9,10)11/h1-2H,(H,13,14). The molecule has 3 nitrogen and oxygen atoms in total. The zero-order valence-corrected chi connectivity index (χ0v) is 8.06. The molecule has 0 saturated carbocycles. The minimum atomic E-state index is -4.77. The number of nitrogens with zero attached hydrogens (tertiary/aromatic N) is 1. The molecule has 0 radical (unpaired) electrons. The van der Waals surface area contributed by atoms with Crippen molar-refractivity contribution in [3.63, 3.8) is 0 Å². The van der Waals surface area contributed by atoms with Crippen LogP contribution in [0.5, 0.6) is 0 Å². The van der Waals surface area contributed by atoms with Crippen LogP contribution in [-0.2, 0) is 6.18 Å². The Hall–Kier alpha value is -1.11. The second-order valence-corrected chi connectivity index (χ2v) is 3.15. The van der Waals surface area contributed by atoms with Gasteiger partial charge in [-0.1, -0.05) is 0 Å². The van der Waals surface area contributed by atoms with E-state index >= 15 is 0 Å². The Morgan fingerprint density at radius 3 is 2.43 bits per heavy atom. The molecule has 0 spiro atoms. The predicted molar refractivity (Wildman–Crippen MR) is 43.9 cm³/mol. The molecule has 0 amide bonds. The molecule has 76 valence electrons. The van der Waals surface area contributed by atoms with Crippen LogP contribution in [0.15, 0.2) is 16.7 Å². The summed E-state index contributed by atoms with van der Waals surface area (Å²) >= 11 is 2.73. The van der Waals surface area contributed by atoms with Crippen molar-refractivity contribution in [1.82, 2.24) is 4.98 Å². The van der Waals surface area contributed by atoms with Crippen LogP contribution in [0.1, 0.15) is 16.1 Å². The largest absolute Gasteiger partial charge is 0.478 e. The third kappa shape index (κ3) is 2.22. The fourth-order valence-corrected chi connectivity index (χ4v) is 1.13. The molecule has 1 N–H and O–H groups in total.